The van der Waals surface area contributed by atoms with Gasteiger partial charge in [-0.2, -0.15) is 0 Å². The Morgan fingerprint density at radius 3 is 2.26 bits per heavy atom. The van der Waals surface area contributed by atoms with Crippen molar-refractivity contribution >= 4 is 28.3 Å². The molecule has 1 aliphatic heterocycles. The molecule has 3 nitrogen and oxygen atoms in total. The number of hydrogen-bond donors (Lipinski definition) is 2. The number of benzene rings is 1. The van der Waals surface area contributed by atoms with Crippen molar-refractivity contribution in [3.05, 3.63) is 33.8 Å². The Kier molecular flexibility index (Phi) is 6.62. The summed E-state index contributed by atoms with van der Waals surface area (Å²) in [5.74, 6) is -1.25. The highest BCUT2D eigenvalue weighted by Crippen LogP contribution is 2.28. The largest absolute Gasteiger partial charge is 0.394 e. The van der Waals surface area contributed by atoms with Crippen LogP contribution in [0, 0.1) is 11.6 Å². The Bertz CT molecular complexity index is 407. The van der Waals surface area contributed by atoms with Crippen LogP contribution in [0.2, 0.25) is 0 Å². The van der Waals surface area contributed by atoms with Gasteiger partial charge in [-0.15, -0.1) is 12.4 Å². The van der Waals surface area contributed by atoms with Gasteiger partial charge >= 0.3 is 0 Å². The third-order valence-corrected chi connectivity index (χ3v) is 3.60. The average Bonchev–Trinajstić information content (AvgIpc) is 2.34. The van der Waals surface area contributed by atoms with Crippen molar-refractivity contribution in [1.29, 1.82) is 0 Å². The Morgan fingerprint density at radius 1 is 1.26 bits per heavy atom. The highest BCUT2D eigenvalue weighted by molar-refractivity contribution is 9.10. The number of piperazine rings is 1. The van der Waals surface area contributed by atoms with Crippen LogP contribution in [0.25, 0.3) is 0 Å². The van der Waals surface area contributed by atoms with Gasteiger partial charge in [0, 0.05) is 36.2 Å². The minimum atomic E-state index is -0.626. The SMILES string of the molecule is Cl.OC[C@@H](c1c(F)cc(Br)cc1F)N1CCNCC1. The van der Waals surface area contributed by atoms with Crippen molar-refractivity contribution in [1.82, 2.24) is 10.2 Å². The van der Waals surface area contributed by atoms with E-state index in [4.69, 9.17) is 0 Å². The fourth-order valence-corrected chi connectivity index (χ4v) is 2.66. The van der Waals surface area contributed by atoms with E-state index in [0.29, 0.717) is 17.6 Å². The molecular weight excluding hydrogens is 341 g/mol. The standard InChI is InChI=1S/C12H15BrF2N2O.ClH/c13-8-5-9(14)12(10(15)6-8)11(7-18)17-3-1-16-2-4-17;/h5-6,11,16,18H,1-4,7H2;1H/t11-;/m0./s1. The first kappa shape index (κ1) is 16.8. The van der Waals surface area contributed by atoms with Crippen LogP contribution in [0.15, 0.2) is 16.6 Å². The molecule has 0 bridgehead atoms. The van der Waals surface area contributed by atoms with Gasteiger partial charge in [-0.25, -0.2) is 8.78 Å². The van der Waals surface area contributed by atoms with E-state index in [-0.39, 0.29) is 24.6 Å². The van der Waals surface area contributed by atoms with Crippen LogP contribution in [-0.2, 0) is 0 Å². The Balaban J connectivity index is 0.00000180. The summed E-state index contributed by atoms with van der Waals surface area (Å²) in [5.41, 5.74) is -0.0531. The highest BCUT2D eigenvalue weighted by Gasteiger charge is 2.27. The Morgan fingerprint density at radius 2 is 1.79 bits per heavy atom. The topological polar surface area (TPSA) is 35.5 Å². The second-order valence-corrected chi connectivity index (χ2v) is 5.18. The van der Waals surface area contributed by atoms with Gasteiger partial charge in [0.2, 0.25) is 0 Å². The predicted molar refractivity (Wildman–Crippen MR) is 75.6 cm³/mol. The van der Waals surface area contributed by atoms with E-state index in [0.717, 1.165) is 13.1 Å². The summed E-state index contributed by atoms with van der Waals surface area (Å²) in [6, 6.07) is 1.83. The van der Waals surface area contributed by atoms with E-state index in [2.05, 4.69) is 21.2 Å². The third kappa shape index (κ3) is 3.86. The van der Waals surface area contributed by atoms with Crippen molar-refractivity contribution in [3.8, 4) is 0 Å². The average molecular weight is 358 g/mol. The molecule has 0 aromatic heterocycles. The molecule has 2 N–H and O–H groups in total. The van der Waals surface area contributed by atoms with Crippen LogP contribution in [-0.4, -0.2) is 42.8 Å². The predicted octanol–water partition coefficient (Wildman–Crippen LogP) is 2.09. The van der Waals surface area contributed by atoms with Crippen LogP contribution < -0.4 is 5.32 Å². The summed E-state index contributed by atoms with van der Waals surface area (Å²) in [4.78, 5) is 1.89. The summed E-state index contributed by atoms with van der Waals surface area (Å²) < 4.78 is 28.1. The molecule has 0 aliphatic carbocycles. The van der Waals surface area contributed by atoms with Gasteiger partial charge < -0.3 is 10.4 Å². The number of nitrogens with zero attached hydrogens (tertiary/aromatic N) is 1. The molecule has 0 spiro atoms. The lowest BCUT2D eigenvalue weighted by Crippen LogP contribution is -2.46. The molecule has 19 heavy (non-hydrogen) atoms. The first-order chi connectivity index (χ1) is 8.63. The fraction of sp³-hybridized carbons (Fsp3) is 0.500. The van der Waals surface area contributed by atoms with Crippen LogP contribution in [0.4, 0.5) is 8.78 Å². The lowest BCUT2D eigenvalue weighted by Gasteiger charge is -2.34. The maximum atomic E-state index is 13.9. The van der Waals surface area contributed by atoms with Crippen molar-refractivity contribution in [2.75, 3.05) is 32.8 Å². The van der Waals surface area contributed by atoms with Crippen molar-refractivity contribution < 1.29 is 13.9 Å². The van der Waals surface area contributed by atoms with E-state index < -0.39 is 17.7 Å². The Labute approximate surface area is 125 Å². The molecule has 108 valence electrons. The molecule has 0 unspecified atom stereocenters. The van der Waals surface area contributed by atoms with E-state index in [9.17, 15) is 13.9 Å². The maximum Gasteiger partial charge on any atom is 0.132 e. The first-order valence-electron chi connectivity index (χ1n) is 5.83. The lowest BCUT2D eigenvalue weighted by molar-refractivity contribution is 0.105. The summed E-state index contributed by atoms with van der Waals surface area (Å²) in [6.07, 6.45) is 0. The summed E-state index contributed by atoms with van der Waals surface area (Å²) in [6.45, 7) is 2.56. The molecule has 1 fully saturated rings. The van der Waals surface area contributed by atoms with Gasteiger partial charge in [0.25, 0.3) is 0 Å². The number of rotatable bonds is 3. The van der Waals surface area contributed by atoms with Gasteiger partial charge in [0.05, 0.1) is 12.6 Å². The lowest BCUT2D eigenvalue weighted by atomic mass is 10.0. The molecule has 7 heteroatoms. The van der Waals surface area contributed by atoms with Crippen LogP contribution in [0.3, 0.4) is 0 Å². The normalized spacial score (nSPS) is 17.9. The van der Waals surface area contributed by atoms with Gasteiger partial charge in [0.1, 0.15) is 11.6 Å². The monoisotopic (exact) mass is 356 g/mol. The number of nitrogens with one attached hydrogen (secondary N) is 1. The van der Waals surface area contributed by atoms with E-state index in [1.165, 1.54) is 12.1 Å². The van der Waals surface area contributed by atoms with E-state index in [1.54, 1.807) is 0 Å². The van der Waals surface area contributed by atoms with Crippen LogP contribution in [0.1, 0.15) is 11.6 Å². The molecule has 1 heterocycles. The third-order valence-electron chi connectivity index (χ3n) is 3.14. The molecule has 0 amide bonds. The minimum Gasteiger partial charge on any atom is -0.394 e. The van der Waals surface area contributed by atoms with Gasteiger partial charge in [-0.3, -0.25) is 4.90 Å². The zero-order chi connectivity index (χ0) is 13.1. The number of halogens is 4. The maximum absolute atomic E-state index is 13.9. The van der Waals surface area contributed by atoms with Gasteiger partial charge in [-0.05, 0) is 12.1 Å². The van der Waals surface area contributed by atoms with Crippen molar-refractivity contribution in [2.24, 2.45) is 0 Å². The zero-order valence-electron chi connectivity index (χ0n) is 10.2. The molecular formula is C12H16BrClF2N2O. The smallest absolute Gasteiger partial charge is 0.132 e. The quantitative estimate of drug-likeness (QED) is 0.869. The molecule has 1 aromatic carbocycles. The summed E-state index contributed by atoms with van der Waals surface area (Å²) >= 11 is 3.05. The second kappa shape index (κ2) is 7.50. The second-order valence-electron chi connectivity index (χ2n) is 4.27. The molecule has 2 rings (SSSR count). The summed E-state index contributed by atoms with van der Waals surface area (Å²) in [5, 5.41) is 12.6. The number of aliphatic hydroxyl groups is 1. The minimum absolute atomic E-state index is 0. The number of aliphatic hydroxyl groups excluding tert-OH is 1. The van der Waals surface area contributed by atoms with E-state index in [1.807, 2.05) is 4.90 Å². The molecule has 0 radical (unpaired) electrons. The fourth-order valence-electron chi connectivity index (χ4n) is 2.25. The van der Waals surface area contributed by atoms with E-state index >= 15 is 0 Å². The molecule has 1 aliphatic rings. The number of hydrogen-bond acceptors (Lipinski definition) is 3. The van der Waals surface area contributed by atoms with Crippen molar-refractivity contribution in [2.45, 2.75) is 6.04 Å². The van der Waals surface area contributed by atoms with Gasteiger partial charge in [0.15, 0.2) is 0 Å². The van der Waals surface area contributed by atoms with Crippen LogP contribution in [0.5, 0.6) is 0 Å². The van der Waals surface area contributed by atoms with Gasteiger partial charge in [-0.1, -0.05) is 15.9 Å². The molecule has 1 atom stereocenters. The van der Waals surface area contributed by atoms with Crippen molar-refractivity contribution in [3.63, 3.8) is 0 Å². The first-order valence-corrected chi connectivity index (χ1v) is 6.63. The molecule has 1 saturated heterocycles. The Hall–Kier alpha value is -0.270. The zero-order valence-corrected chi connectivity index (χ0v) is 12.6. The van der Waals surface area contributed by atoms with Crippen LogP contribution >= 0.6 is 28.3 Å². The highest BCUT2D eigenvalue weighted by atomic mass is 79.9. The molecule has 1 aromatic rings. The summed E-state index contributed by atoms with van der Waals surface area (Å²) in [7, 11) is 0. The molecule has 0 saturated carbocycles.